The third kappa shape index (κ3) is 3.67. The highest BCUT2D eigenvalue weighted by atomic mass is 16.6. The normalized spacial score (nSPS) is 26.6. The molecule has 0 aliphatic heterocycles. The Morgan fingerprint density at radius 2 is 1.95 bits per heavy atom. The summed E-state index contributed by atoms with van der Waals surface area (Å²) in [6.45, 7) is 0. The van der Waals surface area contributed by atoms with Gasteiger partial charge in [-0.2, -0.15) is 0 Å². The number of carbonyl (C=O) groups is 3. The lowest BCUT2D eigenvalue weighted by molar-refractivity contribution is -0.153. The number of oxime groups is 1. The number of ketones is 2. The van der Waals surface area contributed by atoms with E-state index in [1.165, 1.54) is 24.3 Å². The molecule has 1 amide bonds. The summed E-state index contributed by atoms with van der Waals surface area (Å²) in [6, 6.07) is 3.70. The number of phenols is 1. The minimum atomic E-state index is -2.67. The van der Waals surface area contributed by atoms with E-state index >= 15 is 0 Å². The number of aliphatic hydroxyl groups is 3. The van der Waals surface area contributed by atoms with E-state index in [0.29, 0.717) is 11.3 Å². The number of likely N-dealkylation sites (N-methyl/N-ethyl adjacent to an activating group) is 1. The highest BCUT2D eigenvalue weighted by Crippen LogP contribution is 2.53. The molecular formula is C27H28N4O8. The molecule has 39 heavy (non-hydrogen) atoms. The van der Waals surface area contributed by atoms with Crippen molar-refractivity contribution < 1.29 is 39.6 Å². The number of amides is 1. The SMILES string of the molecule is CON=Cc1ccn(-c2ccc(O)c3c2C[C@H]2C[C@H]4[C@H](N(C)C)C(=O)C(C(N)=O)=C(O)[C@@]4(O)C(=O)C2=C3O)c1. The second-order valence-corrected chi connectivity index (χ2v) is 10.2. The van der Waals surface area contributed by atoms with Crippen molar-refractivity contribution in [2.75, 3.05) is 21.2 Å². The fraction of sp³-hybridized carbons (Fsp3) is 0.333. The average Bonchev–Trinajstić information content (AvgIpc) is 3.33. The van der Waals surface area contributed by atoms with Crippen LogP contribution in [0.15, 0.2) is 52.7 Å². The topological polar surface area (TPSA) is 188 Å². The summed E-state index contributed by atoms with van der Waals surface area (Å²) in [5.41, 5.74) is 3.56. The first-order chi connectivity index (χ1) is 18.4. The number of hydrogen-bond donors (Lipinski definition) is 5. The molecule has 3 aliphatic carbocycles. The molecule has 6 N–H and O–H groups in total. The molecule has 2 aromatic rings. The van der Waals surface area contributed by atoms with Gasteiger partial charge in [-0.3, -0.25) is 19.3 Å². The zero-order valence-corrected chi connectivity index (χ0v) is 21.5. The standard InChI is InChI=1S/C27H28N4O8/c1-30(2)21-15-9-13-8-14-16(31-7-6-12(11-31)10-29-39-3)4-5-17(32)19(14)22(33)18(13)24(35)27(15,38)25(36)20(23(21)34)26(28)37/h4-7,10-11,13,15,21,32-33,36,38H,8-9H2,1-3H3,(H2,28,37)/t13-,15-,21-,27-/m0/s1. The maximum absolute atomic E-state index is 13.9. The summed E-state index contributed by atoms with van der Waals surface area (Å²) >= 11 is 0. The Morgan fingerprint density at radius 3 is 2.59 bits per heavy atom. The van der Waals surface area contributed by atoms with Crippen LogP contribution in [0.4, 0.5) is 0 Å². The first-order valence-corrected chi connectivity index (χ1v) is 12.2. The lowest BCUT2D eigenvalue weighted by atomic mass is 9.57. The molecule has 204 valence electrons. The zero-order chi connectivity index (χ0) is 28.4. The lowest BCUT2D eigenvalue weighted by Gasteiger charge is -2.50. The van der Waals surface area contributed by atoms with E-state index in [4.69, 9.17) is 10.6 Å². The van der Waals surface area contributed by atoms with Crippen molar-refractivity contribution in [2.24, 2.45) is 22.7 Å². The largest absolute Gasteiger partial charge is 0.508 e. The van der Waals surface area contributed by atoms with E-state index in [2.05, 4.69) is 5.16 Å². The molecule has 0 spiro atoms. The number of aliphatic hydroxyl groups excluding tert-OH is 2. The molecule has 12 heteroatoms. The number of aromatic hydroxyl groups is 1. The molecule has 1 heterocycles. The molecule has 1 aromatic carbocycles. The minimum absolute atomic E-state index is 0.0122. The van der Waals surface area contributed by atoms with Crippen LogP contribution in [0, 0.1) is 11.8 Å². The fourth-order valence-electron chi connectivity index (χ4n) is 6.22. The number of carbonyl (C=O) groups excluding carboxylic acids is 3. The number of fused-ring (bicyclic) bond motifs is 3. The zero-order valence-electron chi connectivity index (χ0n) is 21.5. The Hall–Kier alpha value is -4.42. The van der Waals surface area contributed by atoms with E-state index in [1.54, 1.807) is 43.2 Å². The highest BCUT2D eigenvalue weighted by Gasteiger charge is 2.64. The van der Waals surface area contributed by atoms with E-state index in [9.17, 15) is 34.8 Å². The van der Waals surface area contributed by atoms with Gasteiger partial charge in [0.1, 0.15) is 30.0 Å². The molecule has 12 nitrogen and oxygen atoms in total. The van der Waals surface area contributed by atoms with Gasteiger partial charge < -0.3 is 35.6 Å². The van der Waals surface area contributed by atoms with Crippen molar-refractivity contribution in [2.45, 2.75) is 24.5 Å². The van der Waals surface area contributed by atoms with Gasteiger partial charge in [0, 0.05) is 35.1 Å². The van der Waals surface area contributed by atoms with Crippen molar-refractivity contribution in [1.29, 1.82) is 0 Å². The van der Waals surface area contributed by atoms with Gasteiger partial charge in [-0.1, -0.05) is 5.16 Å². The Bertz CT molecular complexity index is 1520. The molecule has 0 bridgehead atoms. The maximum Gasteiger partial charge on any atom is 0.255 e. The molecule has 5 rings (SSSR count). The van der Waals surface area contributed by atoms with E-state index < -0.39 is 58.0 Å². The summed E-state index contributed by atoms with van der Waals surface area (Å²) < 4.78 is 1.77. The van der Waals surface area contributed by atoms with Gasteiger partial charge in [-0.05, 0) is 56.6 Å². The second-order valence-electron chi connectivity index (χ2n) is 10.2. The molecule has 1 aromatic heterocycles. The number of benzene rings is 1. The Morgan fingerprint density at radius 1 is 1.23 bits per heavy atom. The first kappa shape index (κ1) is 26.2. The van der Waals surface area contributed by atoms with Crippen LogP contribution in [-0.4, -0.2) is 86.4 Å². The van der Waals surface area contributed by atoms with Gasteiger partial charge in [0.2, 0.25) is 5.78 Å². The number of hydrogen-bond acceptors (Lipinski definition) is 10. The summed E-state index contributed by atoms with van der Waals surface area (Å²) in [4.78, 5) is 45.4. The lowest BCUT2D eigenvalue weighted by Crippen LogP contribution is -2.65. The number of primary amides is 1. The number of nitrogens with two attached hydrogens (primary N) is 1. The molecule has 1 saturated carbocycles. The van der Waals surface area contributed by atoms with Crippen molar-refractivity contribution in [1.82, 2.24) is 9.47 Å². The van der Waals surface area contributed by atoms with Gasteiger partial charge in [0.25, 0.3) is 5.91 Å². The average molecular weight is 537 g/mol. The van der Waals surface area contributed by atoms with Crippen molar-refractivity contribution in [3.05, 3.63) is 64.2 Å². The van der Waals surface area contributed by atoms with Crippen LogP contribution >= 0.6 is 0 Å². The van der Waals surface area contributed by atoms with Gasteiger partial charge in [0.15, 0.2) is 11.4 Å². The smallest absolute Gasteiger partial charge is 0.255 e. The predicted molar refractivity (Wildman–Crippen MR) is 138 cm³/mol. The molecular weight excluding hydrogens is 508 g/mol. The maximum atomic E-state index is 13.9. The molecule has 0 radical (unpaired) electrons. The van der Waals surface area contributed by atoms with E-state index in [0.717, 1.165) is 5.56 Å². The quantitative estimate of drug-likeness (QED) is 0.209. The third-order valence-corrected chi connectivity index (χ3v) is 7.88. The van der Waals surface area contributed by atoms with Gasteiger partial charge in [-0.15, -0.1) is 0 Å². The van der Waals surface area contributed by atoms with Crippen LogP contribution in [0.5, 0.6) is 5.75 Å². The van der Waals surface area contributed by atoms with Crippen molar-refractivity contribution >= 4 is 29.4 Å². The van der Waals surface area contributed by atoms with Crippen molar-refractivity contribution in [3.63, 3.8) is 0 Å². The van der Waals surface area contributed by atoms with Crippen LogP contribution < -0.4 is 5.73 Å². The first-order valence-electron chi connectivity index (χ1n) is 12.2. The monoisotopic (exact) mass is 536 g/mol. The van der Waals surface area contributed by atoms with Crippen LogP contribution in [0.2, 0.25) is 0 Å². The molecule has 4 atom stereocenters. The van der Waals surface area contributed by atoms with E-state index in [1.807, 2.05) is 0 Å². The summed E-state index contributed by atoms with van der Waals surface area (Å²) in [5, 5.41) is 48.4. The molecule has 3 aliphatic rings. The van der Waals surface area contributed by atoms with Crippen LogP contribution in [0.1, 0.15) is 23.1 Å². The highest BCUT2D eigenvalue weighted by molar-refractivity contribution is 6.24. The number of rotatable bonds is 5. The van der Waals surface area contributed by atoms with Gasteiger partial charge in [0.05, 0.1) is 17.8 Å². The van der Waals surface area contributed by atoms with Crippen molar-refractivity contribution in [3.8, 4) is 11.4 Å². The Labute approximate surface area is 222 Å². The Kier molecular flexibility index (Phi) is 6.11. The number of aromatic nitrogens is 1. The molecule has 0 unspecified atom stereocenters. The van der Waals surface area contributed by atoms with Crippen LogP contribution in [0.3, 0.4) is 0 Å². The molecule has 1 fully saturated rings. The third-order valence-electron chi connectivity index (χ3n) is 7.88. The summed E-state index contributed by atoms with van der Waals surface area (Å²) in [7, 11) is 4.54. The summed E-state index contributed by atoms with van der Waals surface area (Å²) in [5.74, 6) is -6.87. The fourth-order valence-corrected chi connectivity index (χ4v) is 6.22. The van der Waals surface area contributed by atoms with Crippen LogP contribution in [0.25, 0.3) is 11.4 Å². The van der Waals surface area contributed by atoms with Gasteiger partial charge >= 0.3 is 0 Å². The summed E-state index contributed by atoms with van der Waals surface area (Å²) in [6.07, 6.45) is 5.24. The number of nitrogens with zero attached hydrogens (tertiary/aromatic N) is 3. The Balaban J connectivity index is 1.69. The number of phenolic OH excluding ortho intramolecular Hbond substituents is 1. The minimum Gasteiger partial charge on any atom is -0.508 e. The van der Waals surface area contributed by atoms with E-state index in [-0.39, 0.29) is 29.7 Å². The number of Topliss-reactive ketones (excluding diaryl/α,β-unsaturated/α-hetero) is 2. The van der Waals surface area contributed by atoms with Gasteiger partial charge in [-0.25, -0.2) is 0 Å². The van der Waals surface area contributed by atoms with Crippen LogP contribution in [-0.2, 0) is 25.6 Å². The second kappa shape index (κ2) is 9.10. The predicted octanol–water partition coefficient (Wildman–Crippen LogP) is 0.735. The molecule has 0 saturated heterocycles.